The quantitative estimate of drug-likeness (QED) is 0.833. The van der Waals surface area contributed by atoms with E-state index in [1.807, 2.05) is 51.1 Å². The summed E-state index contributed by atoms with van der Waals surface area (Å²) in [5, 5.41) is 8.99. The van der Waals surface area contributed by atoms with E-state index in [4.69, 9.17) is 5.11 Å². The highest BCUT2D eigenvalue weighted by Crippen LogP contribution is 2.18. The molecular formula is C16H23NO3. The Labute approximate surface area is 120 Å². The van der Waals surface area contributed by atoms with Crippen molar-refractivity contribution in [2.24, 2.45) is 11.8 Å². The second-order valence-electron chi connectivity index (χ2n) is 5.25. The van der Waals surface area contributed by atoms with Crippen LogP contribution in [0.3, 0.4) is 0 Å². The van der Waals surface area contributed by atoms with Gasteiger partial charge in [-0.2, -0.15) is 0 Å². The minimum absolute atomic E-state index is 0.0920. The number of carbonyl (C=O) groups is 2. The average Bonchev–Trinajstić information content (AvgIpc) is 2.44. The Morgan fingerprint density at radius 3 is 2.30 bits per heavy atom. The van der Waals surface area contributed by atoms with E-state index in [2.05, 4.69) is 0 Å². The Hall–Kier alpha value is -1.84. The molecule has 0 aromatic heterocycles. The van der Waals surface area contributed by atoms with Gasteiger partial charge in [-0.25, -0.2) is 0 Å². The average molecular weight is 277 g/mol. The molecule has 1 rings (SSSR count). The summed E-state index contributed by atoms with van der Waals surface area (Å²) in [6.07, 6.45) is 0.902. The number of carboxylic acids is 1. The van der Waals surface area contributed by atoms with Crippen molar-refractivity contribution < 1.29 is 14.7 Å². The van der Waals surface area contributed by atoms with Crippen LogP contribution in [0.5, 0.6) is 0 Å². The number of benzene rings is 1. The lowest BCUT2D eigenvalue weighted by Crippen LogP contribution is -2.40. The van der Waals surface area contributed by atoms with Crippen molar-refractivity contribution in [1.29, 1.82) is 0 Å². The lowest BCUT2D eigenvalue weighted by molar-refractivity contribution is -0.147. The number of aliphatic carboxylic acids is 1. The van der Waals surface area contributed by atoms with Crippen molar-refractivity contribution in [2.45, 2.75) is 33.7 Å². The van der Waals surface area contributed by atoms with Gasteiger partial charge >= 0.3 is 5.97 Å². The third-order valence-corrected chi connectivity index (χ3v) is 3.74. The fraction of sp³-hybridized carbons (Fsp3) is 0.500. The summed E-state index contributed by atoms with van der Waals surface area (Å²) < 4.78 is 0. The Balaban J connectivity index is 2.83. The molecule has 1 amide bonds. The van der Waals surface area contributed by atoms with Crippen LogP contribution in [0.25, 0.3) is 0 Å². The minimum Gasteiger partial charge on any atom is -0.480 e. The van der Waals surface area contributed by atoms with Crippen molar-refractivity contribution in [1.82, 2.24) is 4.90 Å². The molecule has 0 aliphatic rings. The third-order valence-electron chi connectivity index (χ3n) is 3.74. The summed E-state index contributed by atoms with van der Waals surface area (Å²) in [6, 6.07) is 9.47. The molecule has 0 spiro atoms. The van der Waals surface area contributed by atoms with Crippen molar-refractivity contribution in [3.8, 4) is 0 Å². The minimum atomic E-state index is -0.981. The third kappa shape index (κ3) is 4.68. The smallest absolute Gasteiger partial charge is 0.323 e. The SMILES string of the molecule is CCC(C)C(C)C(=O)N(CC(=O)O)Cc1ccccc1. The monoisotopic (exact) mass is 277 g/mol. The second-order valence-corrected chi connectivity index (χ2v) is 5.25. The summed E-state index contributed by atoms with van der Waals surface area (Å²) in [5.74, 6) is -0.992. The number of amides is 1. The Bertz CT molecular complexity index is 444. The van der Waals surface area contributed by atoms with E-state index >= 15 is 0 Å². The van der Waals surface area contributed by atoms with Gasteiger partial charge in [-0.1, -0.05) is 57.5 Å². The second kappa shape index (κ2) is 7.68. The van der Waals surface area contributed by atoms with Gasteiger partial charge in [-0.3, -0.25) is 9.59 Å². The lowest BCUT2D eigenvalue weighted by Gasteiger charge is -2.27. The summed E-state index contributed by atoms with van der Waals surface area (Å²) in [4.78, 5) is 24.8. The molecule has 0 saturated carbocycles. The highest BCUT2D eigenvalue weighted by Gasteiger charge is 2.25. The van der Waals surface area contributed by atoms with Crippen LogP contribution >= 0.6 is 0 Å². The standard InChI is InChI=1S/C16H23NO3/c1-4-12(2)13(3)16(20)17(11-15(18)19)10-14-8-6-5-7-9-14/h5-9,12-13H,4,10-11H2,1-3H3,(H,18,19). The van der Waals surface area contributed by atoms with E-state index in [1.54, 1.807) is 0 Å². The van der Waals surface area contributed by atoms with Crippen LogP contribution in [0, 0.1) is 11.8 Å². The first-order valence-electron chi connectivity index (χ1n) is 7.00. The zero-order chi connectivity index (χ0) is 15.1. The maximum atomic E-state index is 12.4. The molecule has 0 saturated heterocycles. The highest BCUT2D eigenvalue weighted by molar-refractivity contribution is 5.83. The number of hydrogen-bond acceptors (Lipinski definition) is 2. The maximum absolute atomic E-state index is 12.4. The largest absolute Gasteiger partial charge is 0.480 e. The Morgan fingerprint density at radius 1 is 1.20 bits per heavy atom. The molecule has 0 fully saturated rings. The molecule has 4 heteroatoms. The molecule has 4 nitrogen and oxygen atoms in total. The molecule has 0 heterocycles. The van der Waals surface area contributed by atoms with Gasteiger partial charge in [-0.05, 0) is 11.5 Å². The number of hydrogen-bond donors (Lipinski definition) is 1. The zero-order valence-corrected chi connectivity index (χ0v) is 12.4. The van der Waals surface area contributed by atoms with E-state index in [9.17, 15) is 9.59 Å². The van der Waals surface area contributed by atoms with Crippen molar-refractivity contribution in [3.63, 3.8) is 0 Å². The Morgan fingerprint density at radius 2 is 1.80 bits per heavy atom. The van der Waals surface area contributed by atoms with Crippen molar-refractivity contribution >= 4 is 11.9 Å². The maximum Gasteiger partial charge on any atom is 0.323 e. The molecule has 0 aliphatic heterocycles. The molecule has 1 N–H and O–H groups in total. The zero-order valence-electron chi connectivity index (χ0n) is 12.4. The van der Waals surface area contributed by atoms with Gasteiger partial charge in [0, 0.05) is 12.5 Å². The van der Waals surface area contributed by atoms with Gasteiger partial charge in [-0.15, -0.1) is 0 Å². The number of rotatable bonds is 7. The first kappa shape index (κ1) is 16.2. The van der Waals surface area contributed by atoms with Crippen molar-refractivity contribution in [3.05, 3.63) is 35.9 Å². The number of carboxylic acid groups (broad SMARTS) is 1. The summed E-state index contributed by atoms with van der Waals surface area (Å²) in [7, 11) is 0. The first-order chi connectivity index (χ1) is 9.45. The van der Waals surface area contributed by atoms with Gasteiger partial charge < -0.3 is 10.0 Å². The molecule has 1 aromatic carbocycles. The molecule has 0 bridgehead atoms. The van der Waals surface area contributed by atoms with Gasteiger partial charge in [0.2, 0.25) is 5.91 Å². The predicted octanol–water partition coefficient (Wildman–Crippen LogP) is 2.78. The van der Waals surface area contributed by atoms with Crippen LogP contribution < -0.4 is 0 Å². The van der Waals surface area contributed by atoms with Crippen LogP contribution in [0.4, 0.5) is 0 Å². The fourth-order valence-electron chi connectivity index (χ4n) is 2.06. The normalized spacial score (nSPS) is 13.6. The van der Waals surface area contributed by atoms with Crippen LogP contribution in [0.2, 0.25) is 0 Å². The fourth-order valence-corrected chi connectivity index (χ4v) is 2.06. The topological polar surface area (TPSA) is 57.6 Å². The lowest BCUT2D eigenvalue weighted by atomic mass is 9.92. The number of nitrogens with zero attached hydrogens (tertiary/aromatic N) is 1. The molecular weight excluding hydrogens is 254 g/mol. The summed E-state index contributed by atoms with van der Waals surface area (Å²) in [6.45, 7) is 6.01. The van der Waals surface area contributed by atoms with Crippen LogP contribution in [-0.4, -0.2) is 28.4 Å². The molecule has 0 aliphatic carbocycles. The number of carbonyl (C=O) groups excluding carboxylic acids is 1. The van der Waals surface area contributed by atoms with E-state index in [-0.39, 0.29) is 24.3 Å². The van der Waals surface area contributed by atoms with Crippen LogP contribution in [0.1, 0.15) is 32.8 Å². The van der Waals surface area contributed by atoms with Crippen LogP contribution in [0.15, 0.2) is 30.3 Å². The highest BCUT2D eigenvalue weighted by atomic mass is 16.4. The summed E-state index contributed by atoms with van der Waals surface area (Å²) >= 11 is 0. The van der Waals surface area contributed by atoms with Gasteiger partial charge in [0.15, 0.2) is 0 Å². The molecule has 2 unspecified atom stereocenters. The molecule has 20 heavy (non-hydrogen) atoms. The van der Waals surface area contributed by atoms with E-state index in [0.717, 1.165) is 12.0 Å². The molecule has 110 valence electrons. The Kier molecular flexibility index (Phi) is 6.22. The van der Waals surface area contributed by atoms with E-state index < -0.39 is 5.97 Å². The molecule has 1 aromatic rings. The van der Waals surface area contributed by atoms with Gasteiger partial charge in [0.1, 0.15) is 6.54 Å². The van der Waals surface area contributed by atoms with E-state index in [1.165, 1.54) is 4.90 Å². The molecule has 2 atom stereocenters. The van der Waals surface area contributed by atoms with E-state index in [0.29, 0.717) is 6.54 Å². The predicted molar refractivity (Wildman–Crippen MR) is 78.1 cm³/mol. The van der Waals surface area contributed by atoms with Gasteiger partial charge in [0.05, 0.1) is 0 Å². The van der Waals surface area contributed by atoms with Crippen LogP contribution in [-0.2, 0) is 16.1 Å². The molecule has 0 radical (unpaired) electrons. The first-order valence-corrected chi connectivity index (χ1v) is 7.00. The summed E-state index contributed by atoms with van der Waals surface area (Å²) in [5.41, 5.74) is 0.943. The van der Waals surface area contributed by atoms with Gasteiger partial charge in [0.25, 0.3) is 0 Å². The van der Waals surface area contributed by atoms with Crippen molar-refractivity contribution in [2.75, 3.05) is 6.54 Å².